The van der Waals surface area contributed by atoms with Gasteiger partial charge in [0.25, 0.3) is 20.2 Å². The van der Waals surface area contributed by atoms with Crippen molar-refractivity contribution >= 4 is 77.8 Å². The Balaban J connectivity index is 1.70. The number of azo groups is 2. The van der Waals surface area contributed by atoms with E-state index in [0.717, 1.165) is 36.3 Å². The molecule has 0 spiro atoms. The third-order valence-corrected chi connectivity index (χ3v) is 8.18. The Morgan fingerprint density at radius 2 is 1.33 bits per heavy atom. The number of phenols is 1. The van der Waals surface area contributed by atoms with Gasteiger partial charge in [-0.15, -0.1) is 18.9 Å². The van der Waals surface area contributed by atoms with Crippen LogP contribution in [-0.2, 0) is 39.0 Å². The Kier molecular flexibility index (Phi) is 10.4. The molecular formula is C22H16N4O13S4. The van der Waals surface area contributed by atoms with Crippen molar-refractivity contribution in [3.63, 3.8) is 0 Å². The highest BCUT2D eigenvalue weighted by Crippen LogP contribution is 2.45. The van der Waals surface area contributed by atoms with Crippen LogP contribution in [0.5, 0.6) is 5.75 Å². The van der Waals surface area contributed by atoms with E-state index < -0.39 is 35.8 Å². The molecule has 5 N–H and O–H groups in total. The first kappa shape index (κ1) is 32.3. The van der Waals surface area contributed by atoms with E-state index in [2.05, 4.69) is 39.2 Å². The van der Waals surface area contributed by atoms with Crippen LogP contribution in [0.4, 0.5) is 22.7 Å². The molecule has 0 radical (unpaired) electrons. The first-order chi connectivity index (χ1) is 20.4. The predicted octanol–water partition coefficient (Wildman–Crippen LogP) is 6.73. The summed E-state index contributed by atoms with van der Waals surface area (Å²) in [6.45, 7) is 0. The third kappa shape index (κ3) is 8.29. The van der Waals surface area contributed by atoms with Crippen molar-refractivity contribution < 1.29 is 60.3 Å². The van der Waals surface area contributed by atoms with E-state index in [1.54, 1.807) is 24.3 Å². The minimum absolute atomic E-state index is 0.00923. The Bertz CT molecular complexity index is 1920. The Labute approximate surface area is 250 Å². The molecule has 0 aromatic heterocycles. The number of hydrogen-bond acceptors (Lipinski definition) is 17. The van der Waals surface area contributed by atoms with Crippen LogP contribution in [0.3, 0.4) is 0 Å². The fourth-order valence-corrected chi connectivity index (χ4v) is 5.41. The quantitative estimate of drug-likeness (QED) is 0.0344. The molecule has 0 heterocycles. The smallest absolute Gasteiger partial charge is 0.296 e. The molecule has 43 heavy (non-hydrogen) atoms. The maximum absolute atomic E-state index is 12.1. The van der Waals surface area contributed by atoms with Gasteiger partial charge in [0.1, 0.15) is 16.3 Å². The minimum Gasteiger partial charge on any atom is -0.505 e. The van der Waals surface area contributed by atoms with Crippen molar-refractivity contribution in [3.8, 4) is 5.75 Å². The normalized spacial score (nSPS) is 12.6. The largest absolute Gasteiger partial charge is 0.505 e. The van der Waals surface area contributed by atoms with Gasteiger partial charge >= 0.3 is 0 Å². The van der Waals surface area contributed by atoms with Gasteiger partial charge in [-0.3, -0.25) is 9.11 Å². The SMILES string of the molecule is O=S(=O)(O)c1ccc2c(O)c(/N=N/c3ccc(/N=N/c4ccc(SOOO)cc4)cc3S(=O)(=O)O)c(SOOO)cc2c1. The van der Waals surface area contributed by atoms with Crippen LogP contribution in [0, 0.1) is 0 Å². The maximum atomic E-state index is 12.1. The van der Waals surface area contributed by atoms with E-state index in [1.807, 2.05) is 0 Å². The van der Waals surface area contributed by atoms with Gasteiger partial charge in [0.2, 0.25) is 0 Å². The first-order valence-corrected chi connectivity index (χ1v) is 15.4. The number of benzene rings is 4. The number of nitrogens with zero attached hydrogens (tertiary/aromatic N) is 4. The van der Waals surface area contributed by atoms with Crippen molar-refractivity contribution in [3.05, 3.63) is 66.7 Å². The molecule has 0 saturated carbocycles. The highest BCUT2D eigenvalue weighted by Gasteiger charge is 2.20. The van der Waals surface area contributed by atoms with Gasteiger partial charge in [-0.2, -0.15) is 27.1 Å². The number of rotatable bonds is 12. The van der Waals surface area contributed by atoms with Crippen molar-refractivity contribution in [1.82, 2.24) is 0 Å². The second-order valence-electron chi connectivity index (χ2n) is 7.90. The zero-order valence-corrected chi connectivity index (χ0v) is 24.0. The lowest BCUT2D eigenvalue weighted by Crippen LogP contribution is -1.98. The third-order valence-electron chi connectivity index (χ3n) is 5.23. The molecule has 226 valence electrons. The van der Waals surface area contributed by atoms with Crippen molar-refractivity contribution in [1.29, 1.82) is 0 Å². The van der Waals surface area contributed by atoms with Gasteiger partial charge in [0, 0.05) is 10.3 Å². The summed E-state index contributed by atoms with van der Waals surface area (Å²) in [5.41, 5.74) is -0.321. The lowest BCUT2D eigenvalue weighted by Gasteiger charge is -2.10. The molecule has 0 unspecified atom stereocenters. The van der Waals surface area contributed by atoms with E-state index >= 15 is 0 Å². The fourth-order valence-electron chi connectivity index (χ4n) is 3.40. The molecule has 0 bridgehead atoms. The molecule has 0 saturated heterocycles. The van der Waals surface area contributed by atoms with Gasteiger partial charge in [-0.1, -0.05) is 10.1 Å². The van der Waals surface area contributed by atoms with Gasteiger partial charge in [-0.25, -0.2) is 10.5 Å². The average molecular weight is 673 g/mol. The van der Waals surface area contributed by atoms with Gasteiger partial charge in [0.15, 0.2) is 5.75 Å². The highest BCUT2D eigenvalue weighted by molar-refractivity contribution is 7.95. The number of hydrogen-bond donors (Lipinski definition) is 5. The second-order valence-corrected chi connectivity index (χ2v) is 12.2. The first-order valence-electron chi connectivity index (χ1n) is 11.0. The minimum atomic E-state index is -4.88. The highest BCUT2D eigenvalue weighted by atomic mass is 32.2. The Morgan fingerprint density at radius 1 is 0.674 bits per heavy atom. The predicted molar refractivity (Wildman–Crippen MR) is 148 cm³/mol. The molecule has 4 aromatic rings. The molecule has 0 atom stereocenters. The molecule has 0 amide bonds. The summed E-state index contributed by atoms with van der Waals surface area (Å²) in [4.78, 5) is -0.705. The van der Waals surface area contributed by atoms with Gasteiger partial charge in [-0.05, 0) is 72.1 Å². The molecule has 4 aromatic carbocycles. The maximum Gasteiger partial charge on any atom is 0.296 e. The van der Waals surface area contributed by atoms with E-state index in [1.165, 1.54) is 18.2 Å². The number of aromatic hydroxyl groups is 1. The monoisotopic (exact) mass is 672 g/mol. The summed E-state index contributed by atoms with van der Waals surface area (Å²) in [6.07, 6.45) is 0. The number of fused-ring (bicyclic) bond motifs is 1. The summed E-state index contributed by atoms with van der Waals surface area (Å²) in [5.74, 6) is -0.564. The topological polar surface area (TPSA) is 256 Å². The lowest BCUT2D eigenvalue weighted by atomic mass is 10.1. The zero-order valence-electron chi connectivity index (χ0n) is 20.8. The molecular weight excluding hydrogens is 657 g/mol. The molecule has 0 fully saturated rings. The van der Waals surface area contributed by atoms with Crippen LogP contribution in [0.2, 0.25) is 0 Å². The summed E-state index contributed by atoms with van der Waals surface area (Å²) in [5, 5.41) is 50.5. The number of phenolic OH excluding ortho intramolecular Hbond substituents is 1. The standard InChI is InChI=1S/C22H16N4O13S4/c27-22-17-7-6-16(42(30,31)32)9-12(17)10-19(41-39-37-29)21(22)26-25-18-8-3-14(11-20(18)43(33,34)35)24-23-13-1-4-15(5-2-13)40-38-36-28/h1-11,27-29H,(H,30,31,32)(H,33,34,35)/b24-23+,26-25+. The Morgan fingerprint density at radius 3 is 1.98 bits per heavy atom. The van der Waals surface area contributed by atoms with E-state index in [-0.39, 0.29) is 32.7 Å². The van der Waals surface area contributed by atoms with E-state index in [0.29, 0.717) is 22.6 Å². The average Bonchev–Trinajstić information content (AvgIpc) is 2.97. The summed E-state index contributed by atoms with van der Waals surface area (Å²) < 4.78 is 75.1. The molecule has 0 aliphatic carbocycles. The van der Waals surface area contributed by atoms with E-state index in [9.17, 15) is 31.0 Å². The van der Waals surface area contributed by atoms with E-state index in [4.69, 9.17) is 10.5 Å². The molecule has 0 aliphatic heterocycles. The molecule has 0 aliphatic rings. The van der Waals surface area contributed by atoms with Crippen LogP contribution in [0.1, 0.15) is 0 Å². The molecule has 21 heteroatoms. The lowest BCUT2D eigenvalue weighted by molar-refractivity contribution is -0.432. The summed E-state index contributed by atoms with van der Waals surface area (Å²) in [6, 6.07) is 14.2. The summed E-state index contributed by atoms with van der Waals surface area (Å²) >= 11 is 1.06. The van der Waals surface area contributed by atoms with Gasteiger partial charge < -0.3 is 5.11 Å². The van der Waals surface area contributed by atoms with Crippen molar-refractivity contribution in [2.45, 2.75) is 19.6 Å². The van der Waals surface area contributed by atoms with Crippen LogP contribution >= 0.6 is 24.1 Å². The molecule has 4 rings (SSSR count). The second kappa shape index (κ2) is 13.8. The summed E-state index contributed by atoms with van der Waals surface area (Å²) in [7, 11) is -9.46. The van der Waals surface area contributed by atoms with Gasteiger partial charge in [0.05, 0.1) is 45.3 Å². The van der Waals surface area contributed by atoms with Crippen LogP contribution < -0.4 is 0 Å². The van der Waals surface area contributed by atoms with Crippen LogP contribution in [0.15, 0.2) is 107 Å². The van der Waals surface area contributed by atoms with Crippen molar-refractivity contribution in [2.75, 3.05) is 0 Å². The van der Waals surface area contributed by atoms with Crippen LogP contribution in [0.25, 0.3) is 10.8 Å². The van der Waals surface area contributed by atoms with Crippen LogP contribution in [-0.4, -0.2) is 41.6 Å². The fraction of sp³-hybridized carbons (Fsp3) is 0. The Hall–Kier alpha value is -3.58. The van der Waals surface area contributed by atoms with Crippen molar-refractivity contribution in [2.24, 2.45) is 20.5 Å². The molecule has 17 nitrogen and oxygen atoms in total. The zero-order chi connectivity index (χ0) is 31.2.